The minimum Gasteiger partial charge on any atom is -0.493 e. The lowest BCUT2D eigenvalue weighted by atomic mass is 10.1. The molecule has 0 spiro atoms. The van der Waals surface area contributed by atoms with Gasteiger partial charge in [-0.25, -0.2) is 0 Å². The third kappa shape index (κ3) is 2.95. The van der Waals surface area contributed by atoms with E-state index in [0.29, 0.717) is 0 Å². The van der Waals surface area contributed by atoms with Crippen molar-refractivity contribution in [3.63, 3.8) is 0 Å². The molecule has 0 heterocycles. The Morgan fingerprint density at radius 1 is 1.14 bits per heavy atom. The molecule has 1 nitrogen and oxygen atoms in total. The fourth-order valence-electron chi connectivity index (χ4n) is 1.63. The molecule has 1 aromatic rings. The number of ether oxygens (including phenoxy) is 1. The second-order valence-electron chi connectivity index (χ2n) is 3.65. The second kappa shape index (κ2) is 5.30. The lowest BCUT2D eigenvalue weighted by molar-refractivity contribution is 0.314. The molecule has 0 saturated heterocycles. The first kappa shape index (κ1) is 11.4. The van der Waals surface area contributed by atoms with E-state index in [0.717, 1.165) is 24.5 Å². The number of benzene rings is 1. The van der Waals surface area contributed by atoms with E-state index in [1.54, 1.807) is 0 Å². The van der Waals surface area contributed by atoms with Crippen molar-refractivity contribution in [3.8, 4) is 5.75 Å². The van der Waals surface area contributed by atoms with Crippen LogP contribution in [0.15, 0.2) is 12.1 Å². The second-order valence-corrected chi connectivity index (χ2v) is 4.10. The van der Waals surface area contributed by atoms with Crippen molar-refractivity contribution in [2.75, 3.05) is 12.4 Å². The average Bonchev–Trinajstić information content (AvgIpc) is 2.09. The third-order valence-corrected chi connectivity index (χ3v) is 2.47. The van der Waals surface area contributed by atoms with Gasteiger partial charge in [-0.1, -0.05) is 17.7 Å². The predicted molar refractivity (Wildman–Crippen MR) is 64.6 cm³/mol. The van der Waals surface area contributed by atoms with Crippen LogP contribution in [0, 0.1) is 20.8 Å². The Kier molecular flexibility index (Phi) is 4.33. The number of thiol groups is 1. The van der Waals surface area contributed by atoms with Gasteiger partial charge >= 0.3 is 0 Å². The molecule has 14 heavy (non-hydrogen) atoms. The molecule has 0 aliphatic carbocycles. The molecule has 0 N–H and O–H groups in total. The molecular weight excluding hydrogens is 192 g/mol. The molecule has 0 aliphatic rings. The Morgan fingerprint density at radius 2 is 1.71 bits per heavy atom. The van der Waals surface area contributed by atoms with Crippen LogP contribution >= 0.6 is 12.6 Å². The van der Waals surface area contributed by atoms with E-state index in [9.17, 15) is 0 Å². The maximum absolute atomic E-state index is 5.71. The fraction of sp³-hybridized carbons (Fsp3) is 0.500. The van der Waals surface area contributed by atoms with Crippen LogP contribution in [0.4, 0.5) is 0 Å². The standard InChI is InChI=1S/C12H18OS/c1-9-7-10(2)12(11(3)8-9)13-5-4-6-14/h7-8,14H,4-6H2,1-3H3. The van der Waals surface area contributed by atoms with Crippen LogP contribution in [-0.4, -0.2) is 12.4 Å². The largest absolute Gasteiger partial charge is 0.493 e. The Bertz CT molecular complexity index is 284. The highest BCUT2D eigenvalue weighted by atomic mass is 32.1. The van der Waals surface area contributed by atoms with Crippen LogP contribution < -0.4 is 4.74 Å². The molecule has 0 aliphatic heterocycles. The topological polar surface area (TPSA) is 9.23 Å². The minimum atomic E-state index is 0.758. The SMILES string of the molecule is Cc1cc(C)c(OCCCS)c(C)c1. The monoisotopic (exact) mass is 210 g/mol. The Balaban J connectivity index is 2.75. The van der Waals surface area contributed by atoms with Gasteiger partial charge in [0.25, 0.3) is 0 Å². The Morgan fingerprint density at radius 3 is 2.21 bits per heavy atom. The fourth-order valence-corrected chi connectivity index (χ4v) is 1.76. The molecule has 2 heteroatoms. The van der Waals surface area contributed by atoms with Crippen LogP contribution in [0.2, 0.25) is 0 Å². The molecule has 0 atom stereocenters. The van der Waals surface area contributed by atoms with Crippen molar-refractivity contribution in [1.29, 1.82) is 0 Å². The first-order valence-electron chi connectivity index (χ1n) is 4.96. The molecule has 0 saturated carbocycles. The van der Waals surface area contributed by atoms with E-state index < -0.39 is 0 Å². The highest BCUT2D eigenvalue weighted by molar-refractivity contribution is 7.80. The van der Waals surface area contributed by atoms with Gasteiger partial charge in [0.05, 0.1) is 6.61 Å². The maximum Gasteiger partial charge on any atom is 0.125 e. The highest BCUT2D eigenvalue weighted by Crippen LogP contribution is 2.24. The smallest absolute Gasteiger partial charge is 0.125 e. The molecule has 0 fully saturated rings. The van der Waals surface area contributed by atoms with Crippen molar-refractivity contribution in [1.82, 2.24) is 0 Å². The van der Waals surface area contributed by atoms with Gasteiger partial charge in [0.2, 0.25) is 0 Å². The van der Waals surface area contributed by atoms with Gasteiger partial charge in [-0.05, 0) is 44.1 Å². The van der Waals surface area contributed by atoms with E-state index in [1.165, 1.54) is 16.7 Å². The first-order valence-corrected chi connectivity index (χ1v) is 5.60. The average molecular weight is 210 g/mol. The highest BCUT2D eigenvalue weighted by Gasteiger charge is 2.03. The molecule has 1 rings (SSSR count). The Hall–Kier alpha value is -0.630. The lowest BCUT2D eigenvalue weighted by Gasteiger charge is -2.12. The van der Waals surface area contributed by atoms with Gasteiger partial charge in [0, 0.05) is 0 Å². The summed E-state index contributed by atoms with van der Waals surface area (Å²) in [5.74, 6) is 1.92. The zero-order chi connectivity index (χ0) is 10.6. The predicted octanol–water partition coefficient (Wildman–Crippen LogP) is 3.31. The third-order valence-electron chi connectivity index (χ3n) is 2.15. The zero-order valence-corrected chi connectivity index (χ0v) is 10.0. The van der Waals surface area contributed by atoms with E-state index in [-0.39, 0.29) is 0 Å². The first-order chi connectivity index (χ1) is 6.65. The summed E-state index contributed by atoms with van der Waals surface area (Å²) in [7, 11) is 0. The quantitative estimate of drug-likeness (QED) is 0.592. The summed E-state index contributed by atoms with van der Waals surface area (Å²) < 4.78 is 5.71. The maximum atomic E-state index is 5.71. The normalized spacial score (nSPS) is 10.3. The molecule has 0 unspecified atom stereocenters. The van der Waals surface area contributed by atoms with Crippen LogP contribution in [0.5, 0.6) is 5.75 Å². The zero-order valence-electron chi connectivity index (χ0n) is 9.13. The lowest BCUT2D eigenvalue weighted by Crippen LogP contribution is -2.01. The molecule has 0 amide bonds. The van der Waals surface area contributed by atoms with Gasteiger partial charge in [0.1, 0.15) is 5.75 Å². The number of hydrogen-bond acceptors (Lipinski definition) is 2. The summed E-state index contributed by atoms with van der Waals surface area (Å²) in [4.78, 5) is 0. The van der Waals surface area contributed by atoms with E-state index in [2.05, 4.69) is 45.5 Å². The molecular formula is C12H18OS. The Labute approximate surface area is 91.9 Å². The summed E-state index contributed by atoms with van der Waals surface area (Å²) in [6, 6.07) is 4.31. The van der Waals surface area contributed by atoms with Gasteiger partial charge in [-0.3, -0.25) is 0 Å². The van der Waals surface area contributed by atoms with E-state index in [1.807, 2.05) is 0 Å². The van der Waals surface area contributed by atoms with E-state index in [4.69, 9.17) is 4.74 Å². The van der Waals surface area contributed by atoms with Crippen molar-refractivity contribution in [2.24, 2.45) is 0 Å². The van der Waals surface area contributed by atoms with Crippen molar-refractivity contribution < 1.29 is 4.74 Å². The van der Waals surface area contributed by atoms with Crippen molar-refractivity contribution in [2.45, 2.75) is 27.2 Å². The van der Waals surface area contributed by atoms with Crippen molar-refractivity contribution >= 4 is 12.6 Å². The van der Waals surface area contributed by atoms with Crippen LogP contribution in [-0.2, 0) is 0 Å². The summed E-state index contributed by atoms with van der Waals surface area (Å²) in [6.07, 6.45) is 0.996. The minimum absolute atomic E-state index is 0.758. The van der Waals surface area contributed by atoms with E-state index >= 15 is 0 Å². The summed E-state index contributed by atoms with van der Waals surface area (Å²) in [5, 5.41) is 0. The van der Waals surface area contributed by atoms with Crippen LogP contribution in [0.3, 0.4) is 0 Å². The summed E-state index contributed by atoms with van der Waals surface area (Å²) in [5.41, 5.74) is 3.74. The summed E-state index contributed by atoms with van der Waals surface area (Å²) >= 11 is 4.16. The number of hydrogen-bond donors (Lipinski definition) is 1. The summed E-state index contributed by atoms with van der Waals surface area (Å²) in [6.45, 7) is 7.05. The van der Waals surface area contributed by atoms with Crippen LogP contribution in [0.1, 0.15) is 23.1 Å². The molecule has 0 radical (unpaired) electrons. The van der Waals surface area contributed by atoms with Gasteiger partial charge in [-0.2, -0.15) is 12.6 Å². The van der Waals surface area contributed by atoms with Crippen molar-refractivity contribution in [3.05, 3.63) is 28.8 Å². The van der Waals surface area contributed by atoms with Gasteiger partial charge in [-0.15, -0.1) is 0 Å². The molecule has 1 aromatic carbocycles. The van der Waals surface area contributed by atoms with Gasteiger partial charge in [0.15, 0.2) is 0 Å². The molecule has 0 aromatic heterocycles. The van der Waals surface area contributed by atoms with Crippen LogP contribution in [0.25, 0.3) is 0 Å². The molecule has 0 bridgehead atoms. The molecule has 78 valence electrons. The van der Waals surface area contributed by atoms with Gasteiger partial charge < -0.3 is 4.74 Å². The number of aryl methyl sites for hydroxylation is 3. The number of rotatable bonds is 4.